The van der Waals surface area contributed by atoms with Crippen LogP contribution in [0.15, 0.2) is 42.7 Å². The third-order valence-electron chi connectivity index (χ3n) is 5.35. The minimum absolute atomic E-state index is 0.307. The first kappa shape index (κ1) is 20.0. The maximum atomic E-state index is 12.3. The zero-order valence-electron chi connectivity index (χ0n) is 16.4. The largest absolute Gasteiger partial charge is 0.567 e. The first-order chi connectivity index (χ1) is 14.8. The topological polar surface area (TPSA) is 143 Å². The second-order valence-electron chi connectivity index (χ2n) is 7.43. The third-order valence-corrected chi connectivity index (χ3v) is 5.85. The Hall–Kier alpha value is -2.95. The molecule has 0 saturated carbocycles. The Bertz CT molecular complexity index is 1150. The molecule has 31 heavy (non-hydrogen) atoms. The number of ether oxygens (including phenoxy) is 1. The summed E-state index contributed by atoms with van der Waals surface area (Å²) in [5, 5.41) is 7.97. The summed E-state index contributed by atoms with van der Waals surface area (Å²) in [6.45, 7) is -0.307. The minimum Gasteiger partial charge on any atom is -0.441 e. The number of rotatable bonds is 5. The predicted octanol–water partition coefficient (Wildman–Crippen LogP) is 1.47. The zero-order chi connectivity index (χ0) is 21.8. The first-order valence-electron chi connectivity index (χ1n) is 9.46. The van der Waals surface area contributed by atoms with Crippen LogP contribution in [-0.4, -0.2) is 59.5 Å². The molecule has 2 aliphatic rings. The minimum atomic E-state index is -4.40. The van der Waals surface area contributed by atoms with Crippen molar-refractivity contribution in [1.82, 2.24) is 20.0 Å². The Balaban J connectivity index is 1.37. The van der Waals surface area contributed by atoms with Gasteiger partial charge >= 0.3 is 14.3 Å². The lowest BCUT2D eigenvalue weighted by molar-refractivity contribution is 0.0659. The number of anilines is 1. The highest BCUT2D eigenvalue weighted by Gasteiger charge is 2.49. The van der Waals surface area contributed by atoms with E-state index in [0.29, 0.717) is 12.1 Å². The van der Waals surface area contributed by atoms with Gasteiger partial charge in [-0.1, -0.05) is 17.3 Å². The van der Waals surface area contributed by atoms with Crippen LogP contribution in [-0.2, 0) is 22.7 Å². The van der Waals surface area contributed by atoms with Crippen LogP contribution in [0.2, 0.25) is 0 Å². The lowest BCUT2D eigenvalue weighted by Crippen LogP contribution is -2.35. The van der Waals surface area contributed by atoms with Crippen LogP contribution in [0.5, 0.6) is 0 Å². The quantitative estimate of drug-likeness (QED) is 0.498. The zero-order valence-corrected chi connectivity index (χ0v) is 17.3. The molecule has 1 fully saturated rings. The van der Waals surface area contributed by atoms with Crippen molar-refractivity contribution in [2.45, 2.75) is 18.6 Å². The Morgan fingerprint density at radius 2 is 2.00 bits per heavy atom. The smallest absolute Gasteiger partial charge is 0.441 e. The molecule has 11 nitrogen and oxygen atoms in total. The molecule has 4 heterocycles. The number of carbonyl (C=O) groups excluding carboxylic acids is 1. The number of carbonyl (C=O) groups is 1. The van der Waals surface area contributed by atoms with Gasteiger partial charge in [0.15, 0.2) is 6.10 Å². The van der Waals surface area contributed by atoms with Crippen molar-refractivity contribution in [3.8, 4) is 22.5 Å². The van der Waals surface area contributed by atoms with Crippen molar-refractivity contribution in [3.63, 3.8) is 0 Å². The van der Waals surface area contributed by atoms with Gasteiger partial charge in [0, 0.05) is 18.8 Å². The molecule has 0 aliphatic carbocycles. The summed E-state index contributed by atoms with van der Waals surface area (Å²) in [4.78, 5) is 45.5. The third kappa shape index (κ3) is 3.78. The molecular formula is C19H19N5O6P+. The molecule has 1 amide bonds. The maximum absolute atomic E-state index is 12.3. The highest BCUT2D eigenvalue weighted by molar-refractivity contribution is 7.53. The van der Waals surface area contributed by atoms with E-state index in [9.17, 15) is 4.79 Å². The van der Waals surface area contributed by atoms with Gasteiger partial charge in [0.1, 0.15) is 12.3 Å². The summed E-state index contributed by atoms with van der Waals surface area (Å²) in [7, 11) is -2.60. The van der Waals surface area contributed by atoms with Crippen LogP contribution in [0.25, 0.3) is 22.5 Å². The van der Waals surface area contributed by atoms with Gasteiger partial charge in [-0.25, -0.2) is 4.79 Å². The average molecular weight is 444 g/mol. The van der Waals surface area contributed by atoms with Gasteiger partial charge in [0.25, 0.3) is 0 Å². The van der Waals surface area contributed by atoms with Crippen LogP contribution < -0.4 is 4.90 Å². The van der Waals surface area contributed by atoms with Crippen LogP contribution >= 0.6 is 8.17 Å². The molecule has 0 unspecified atom stereocenters. The van der Waals surface area contributed by atoms with Crippen molar-refractivity contribution in [2.75, 3.05) is 11.5 Å². The van der Waals surface area contributed by atoms with Crippen LogP contribution in [0.4, 0.5) is 10.5 Å². The Morgan fingerprint density at radius 1 is 1.19 bits per heavy atom. The van der Waals surface area contributed by atoms with Gasteiger partial charge in [0.05, 0.1) is 23.6 Å². The van der Waals surface area contributed by atoms with Gasteiger partial charge in [-0.05, 0) is 35.7 Å². The SMILES string of the molecule is Cn1cc(-c2ccc(-c3ccc4c(c3)C[C@H]3[C@H](CO[P+](O)(O)O)OC(=O)N43)cn2)nn1. The predicted molar refractivity (Wildman–Crippen MR) is 109 cm³/mol. The molecule has 5 rings (SSSR count). The Labute approximate surface area is 177 Å². The summed E-state index contributed by atoms with van der Waals surface area (Å²) in [5.41, 5.74) is 4.98. The molecule has 3 aromatic rings. The number of cyclic esters (lactones) is 1. The van der Waals surface area contributed by atoms with E-state index in [-0.39, 0.29) is 12.6 Å². The second kappa shape index (κ2) is 7.33. The number of hydrogen-bond donors (Lipinski definition) is 3. The lowest BCUT2D eigenvalue weighted by atomic mass is 10.0. The number of pyridine rings is 1. The molecule has 0 bridgehead atoms. The van der Waals surface area contributed by atoms with Gasteiger partial charge in [0.2, 0.25) is 0 Å². The standard InChI is InChI=1S/C19H19N5O6P/c1-23-9-15(21-22-23)14-4-2-12(8-20-14)11-3-5-16-13(6-11)7-17-18(10-29-31(26,27)28)30-19(25)24(16)17/h2-6,8-9,17-18,26-28H,7,10H2,1H3/q+1/t17-,18-/m0/s1. The number of amides is 1. The maximum Gasteiger partial charge on any atom is 0.567 e. The van der Waals surface area contributed by atoms with E-state index in [4.69, 9.17) is 19.4 Å². The van der Waals surface area contributed by atoms with Gasteiger partial charge in [-0.15, -0.1) is 9.62 Å². The number of aryl methyl sites for hydroxylation is 1. The van der Waals surface area contributed by atoms with Crippen LogP contribution in [0.3, 0.4) is 0 Å². The lowest BCUT2D eigenvalue weighted by Gasteiger charge is -2.15. The number of fused-ring (bicyclic) bond motifs is 3. The van der Waals surface area contributed by atoms with Crippen molar-refractivity contribution >= 4 is 20.0 Å². The molecule has 2 aliphatic heterocycles. The van der Waals surface area contributed by atoms with E-state index in [0.717, 1.165) is 28.1 Å². The van der Waals surface area contributed by atoms with Crippen molar-refractivity contribution < 1.29 is 28.7 Å². The monoisotopic (exact) mass is 444 g/mol. The number of aromatic nitrogens is 4. The normalized spacial score (nSPS) is 20.0. The molecule has 3 N–H and O–H groups in total. The Kier molecular flexibility index (Phi) is 4.72. The van der Waals surface area contributed by atoms with Gasteiger partial charge in [-0.2, -0.15) is 14.7 Å². The van der Waals surface area contributed by atoms with Crippen molar-refractivity contribution in [1.29, 1.82) is 0 Å². The van der Waals surface area contributed by atoms with E-state index in [2.05, 4.69) is 19.8 Å². The molecule has 1 saturated heterocycles. The molecule has 0 spiro atoms. The molecule has 12 heteroatoms. The fourth-order valence-electron chi connectivity index (χ4n) is 3.95. The summed E-state index contributed by atoms with van der Waals surface area (Å²) in [5.74, 6) is 0. The molecule has 1 aromatic carbocycles. The van der Waals surface area contributed by atoms with Gasteiger partial charge < -0.3 is 4.74 Å². The summed E-state index contributed by atoms with van der Waals surface area (Å²) >= 11 is 0. The highest BCUT2D eigenvalue weighted by atomic mass is 31.2. The van der Waals surface area contributed by atoms with E-state index < -0.39 is 20.4 Å². The fourth-order valence-corrected chi connectivity index (χ4v) is 4.30. The first-order valence-corrected chi connectivity index (χ1v) is 11.0. The number of hydrogen-bond acceptors (Lipinski definition) is 9. The number of benzene rings is 1. The fraction of sp³-hybridized carbons (Fsp3) is 0.263. The molecular weight excluding hydrogens is 425 g/mol. The van der Waals surface area contributed by atoms with Crippen LogP contribution in [0, 0.1) is 0 Å². The molecule has 2 aromatic heterocycles. The van der Waals surface area contributed by atoms with Gasteiger partial charge in [-0.3, -0.25) is 14.6 Å². The van der Waals surface area contributed by atoms with E-state index in [1.54, 1.807) is 24.1 Å². The highest BCUT2D eigenvalue weighted by Crippen LogP contribution is 2.47. The van der Waals surface area contributed by atoms with E-state index in [1.165, 1.54) is 4.90 Å². The average Bonchev–Trinajstić information content (AvgIpc) is 3.41. The van der Waals surface area contributed by atoms with Crippen LogP contribution in [0.1, 0.15) is 5.56 Å². The van der Waals surface area contributed by atoms with Crippen molar-refractivity contribution in [3.05, 3.63) is 48.3 Å². The van der Waals surface area contributed by atoms with E-state index in [1.807, 2.05) is 30.3 Å². The van der Waals surface area contributed by atoms with E-state index >= 15 is 0 Å². The Morgan fingerprint density at radius 3 is 2.68 bits per heavy atom. The molecule has 2 atom stereocenters. The van der Waals surface area contributed by atoms with Crippen molar-refractivity contribution in [2.24, 2.45) is 7.05 Å². The molecule has 0 radical (unpaired) electrons. The second-order valence-corrected chi connectivity index (χ2v) is 8.71. The summed E-state index contributed by atoms with van der Waals surface area (Å²) < 4.78 is 11.6. The molecule has 160 valence electrons. The summed E-state index contributed by atoms with van der Waals surface area (Å²) in [6.07, 6.45) is 2.82. The summed E-state index contributed by atoms with van der Waals surface area (Å²) in [6, 6.07) is 9.24. The number of nitrogens with zero attached hydrogens (tertiary/aromatic N) is 5.